The van der Waals surface area contributed by atoms with Crippen molar-refractivity contribution >= 4 is 6.09 Å². The Hall–Kier alpha value is -1.89. The Morgan fingerprint density at radius 2 is 1.88 bits per heavy atom. The number of carboxylic acid groups (broad SMARTS) is 1. The highest BCUT2D eigenvalue weighted by Gasteiger charge is 2.38. The Morgan fingerprint density at radius 3 is 2.35 bits per heavy atom. The fourth-order valence-electron chi connectivity index (χ4n) is 3.84. The van der Waals surface area contributed by atoms with Gasteiger partial charge in [-0.25, -0.2) is 4.79 Å². The zero-order valence-electron chi connectivity index (χ0n) is 15.7. The molecule has 1 fully saturated rings. The zero-order chi connectivity index (χ0) is 19.4. The average molecular weight is 370 g/mol. The number of benzene rings is 1. The summed E-state index contributed by atoms with van der Waals surface area (Å²) in [5.74, 6) is 0.428. The Morgan fingerprint density at radius 1 is 1.27 bits per heavy atom. The van der Waals surface area contributed by atoms with Crippen molar-refractivity contribution in [2.24, 2.45) is 5.92 Å². The third-order valence-electron chi connectivity index (χ3n) is 5.04. The molecule has 5 nitrogen and oxygen atoms in total. The van der Waals surface area contributed by atoms with Crippen molar-refractivity contribution in [1.82, 2.24) is 9.80 Å². The summed E-state index contributed by atoms with van der Waals surface area (Å²) in [4.78, 5) is 15.3. The molecule has 146 valence electrons. The van der Waals surface area contributed by atoms with E-state index in [4.69, 9.17) is 0 Å². The lowest BCUT2D eigenvalue weighted by molar-refractivity contribution is -0.0499. The third-order valence-corrected chi connectivity index (χ3v) is 5.04. The molecule has 1 unspecified atom stereocenters. The quantitative estimate of drug-likeness (QED) is 0.804. The minimum absolute atomic E-state index is 0.0824. The molecule has 0 aromatic heterocycles. The van der Waals surface area contributed by atoms with Crippen molar-refractivity contribution in [2.45, 2.75) is 58.9 Å². The van der Waals surface area contributed by atoms with Gasteiger partial charge in [0.05, 0.1) is 0 Å². The maximum absolute atomic E-state index is 12.4. The van der Waals surface area contributed by atoms with E-state index < -0.39 is 12.7 Å². The van der Waals surface area contributed by atoms with E-state index >= 15 is 0 Å². The van der Waals surface area contributed by atoms with Gasteiger partial charge in [0.25, 0.3) is 0 Å². The fraction of sp³-hybridized carbons (Fsp3) is 0.632. The Labute approximate surface area is 153 Å². The van der Waals surface area contributed by atoms with Gasteiger partial charge in [0.2, 0.25) is 0 Å². The second-order valence-electron chi connectivity index (χ2n) is 7.18. The van der Waals surface area contributed by atoms with Crippen molar-refractivity contribution in [2.75, 3.05) is 13.1 Å². The van der Waals surface area contributed by atoms with Gasteiger partial charge >= 0.3 is 12.7 Å². The molecule has 0 radical (unpaired) electrons. The van der Waals surface area contributed by atoms with Crippen LogP contribution in [0.1, 0.15) is 45.7 Å². The largest absolute Gasteiger partial charge is 0.465 e. The van der Waals surface area contributed by atoms with Gasteiger partial charge in [0.1, 0.15) is 5.75 Å². The summed E-state index contributed by atoms with van der Waals surface area (Å²) in [5, 5.41) is 9.41. The topological polar surface area (TPSA) is 53.0 Å². The van der Waals surface area contributed by atoms with Crippen LogP contribution < -0.4 is 4.74 Å². The van der Waals surface area contributed by atoms with Gasteiger partial charge in [-0.3, -0.25) is 4.90 Å². The van der Waals surface area contributed by atoms with Gasteiger partial charge < -0.3 is 14.7 Å². The lowest BCUT2D eigenvalue weighted by Crippen LogP contribution is -2.59. The molecule has 0 aliphatic carbocycles. The molecule has 1 saturated heterocycles. The van der Waals surface area contributed by atoms with Crippen LogP contribution in [0, 0.1) is 5.92 Å². The molecule has 1 aliphatic heterocycles. The molecule has 3 atom stereocenters. The van der Waals surface area contributed by atoms with Gasteiger partial charge in [-0.15, -0.1) is 0 Å². The molecule has 0 saturated carbocycles. The van der Waals surface area contributed by atoms with Gasteiger partial charge in [0.15, 0.2) is 0 Å². The number of alkyl halides is 2. The van der Waals surface area contributed by atoms with Gasteiger partial charge in [-0.05, 0) is 37.0 Å². The Balaban J connectivity index is 2.26. The van der Waals surface area contributed by atoms with Crippen LogP contribution >= 0.6 is 0 Å². The highest BCUT2D eigenvalue weighted by atomic mass is 19.3. The predicted molar refractivity (Wildman–Crippen MR) is 95.6 cm³/mol. The van der Waals surface area contributed by atoms with E-state index in [1.165, 1.54) is 4.90 Å². The minimum Gasteiger partial charge on any atom is -0.465 e. The summed E-state index contributed by atoms with van der Waals surface area (Å²) in [6.07, 6.45) is -0.0445. The summed E-state index contributed by atoms with van der Waals surface area (Å²) < 4.78 is 29.2. The van der Waals surface area contributed by atoms with Crippen molar-refractivity contribution < 1.29 is 23.4 Å². The predicted octanol–water partition coefficient (Wildman–Crippen LogP) is 4.45. The monoisotopic (exact) mass is 370 g/mol. The average Bonchev–Trinajstić information content (AvgIpc) is 2.55. The molecule has 2 rings (SSSR count). The van der Waals surface area contributed by atoms with Crippen molar-refractivity contribution in [3.8, 4) is 5.75 Å². The number of rotatable bonds is 6. The third kappa shape index (κ3) is 4.63. The van der Waals surface area contributed by atoms with E-state index in [2.05, 4.69) is 30.4 Å². The molecule has 1 amide bonds. The van der Waals surface area contributed by atoms with Crippen LogP contribution in [-0.2, 0) is 0 Å². The molecule has 7 heteroatoms. The number of nitrogens with zero attached hydrogens (tertiary/aromatic N) is 2. The number of hydrogen-bond donors (Lipinski definition) is 1. The van der Waals surface area contributed by atoms with Gasteiger partial charge in [0, 0.05) is 31.2 Å². The molecule has 1 aliphatic rings. The van der Waals surface area contributed by atoms with Crippen LogP contribution in [0.4, 0.5) is 13.6 Å². The lowest BCUT2D eigenvalue weighted by Gasteiger charge is -2.48. The smallest absolute Gasteiger partial charge is 0.407 e. The van der Waals surface area contributed by atoms with Crippen molar-refractivity contribution in [3.63, 3.8) is 0 Å². The van der Waals surface area contributed by atoms with Crippen LogP contribution in [0.2, 0.25) is 0 Å². The first-order chi connectivity index (χ1) is 12.2. The SMILES string of the molecule is CC[C@@H]1CN(C(=O)O)[C@@H](C)CN1C(c1ccc(OC(F)F)cc1)C(C)C. The Kier molecular flexibility index (Phi) is 6.81. The first-order valence-corrected chi connectivity index (χ1v) is 9.04. The number of amides is 1. The standard InChI is InChI=1S/C19H28F2N2O3/c1-5-15-11-22(19(24)25)13(4)10-23(15)17(12(2)3)14-6-8-16(9-7-14)26-18(20)21/h6-9,12-13,15,17-18H,5,10-11H2,1-4H3,(H,24,25)/t13-,15+,17?/m0/s1. The lowest BCUT2D eigenvalue weighted by atomic mass is 9.90. The van der Waals surface area contributed by atoms with E-state index in [0.717, 1.165) is 12.0 Å². The molecule has 26 heavy (non-hydrogen) atoms. The maximum Gasteiger partial charge on any atom is 0.407 e. The molecule has 0 spiro atoms. The van der Waals surface area contributed by atoms with Crippen LogP contribution in [0.3, 0.4) is 0 Å². The first-order valence-electron chi connectivity index (χ1n) is 9.04. The van der Waals surface area contributed by atoms with Crippen LogP contribution in [-0.4, -0.2) is 52.8 Å². The molecular weight excluding hydrogens is 342 g/mol. The number of carbonyl (C=O) groups is 1. The molecule has 0 bridgehead atoms. The van der Waals surface area contributed by atoms with Crippen LogP contribution in [0.15, 0.2) is 24.3 Å². The molecule has 1 aromatic carbocycles. The molecule has 1 aromatic rings. The Bertz CT molecular complexity index is 595. The first kappa shape index (κ1) is 20.4. The summed E-state index contributed by atoms with van der Waals surface area (Å²) in [7, 11) is 0. The summed E-state index contributed by atoms with van der Waals surface area (Å²) in [6, 6.07) is 6.87. The highest BCUT2D eigenvalue weighted by Crippen LogP contribution is 2.35. The molecular formula is C19H28F2N2O3. The second kappa shape index (κ2) is 8.66. The van der Waals surface area contributed by atoms with E-state index in [-0.39, 0.29) is 29.8 Å². The van der Waals surface area contributed by atoms with Gasteiger partial charge in [-0.1, -0.05) is 32.9 Å². The van der Waals surface area contributed by atoms with E-state index in [9.17, 15) is 18.7 Å². The maximum atomic E-state index is 12.4. The summed E-state index contributed by atoms with van der Waals surface area (Å²) in [6.45, 7) is 6.50. The van der Waals surface area contributed by atoms with Gasteiger partial charge in [-0.2, -0.15) is 8.78 Å². The number of hydrogen-bond acceptors (Lipinski definition) is 3. The summed E-state index contributed by atoms with van der Waals surface area (Å²) in [5.41, 5.74) is 1.02. The number of halogens is 2. The van der Waals surface area contributed by atoms with Crippen molar-refractivity contribution in [3.05, 3.63) is 29.8 Å². The zero-order valence-corrected chi connectivity index (χ0v) is 15.7. The molecule has 1 heterocycles. The highest BCUT2D eigenvalue weighted by molar-refractivity contribution is 5.65. The van der Waals surface area contributed by atoms with E-state index in [1.54, 1.807) is 12.1 Å². The van der Waals surface area contributed by atoms with Crippen LogP contribution in [0.25, 0.3) is 0 Å². The number of ether oxygens (including phenoxy) is 1. The normalized spacial score (nSPS) is 22.7. The fourth-order valence-corrected chi connectivity index (χ4v) is 3.84. The van der Waals surface area contributed by atoms with E-state index in [1.807, 2.05) is 19.1 Å². The summed E-state index contributed by atoms with van der Waals surface area (Å²) >= 11 is 0. The minimum atomic E-state index is -2.84. The number of piperazine rings is 1. The second-order valence-corrected chi connectivity index (χ2v) is 7.18. The van der Waals surface area contributed by atoms with Crippen LogP contribution in [0.5, 0.6) is 5.75 Å². The van der Waals surface area contributed by atoms with Crippen molar-refractivity contribution in [1.29, 1.82) is 0 Å². The van der Waals surface area contributed by atoms with E-state index in [0.29, 0.717) is 13.1 Å². The molecule has 1 N–H and O–H groups in total.